The van der Waals surface area contributed by atoms with Gasteiger partial charge in [0.25, 0.3) is 5.91 Å². The molecule has 1 amide bonds. The molecule has 2 aromatic heterocycles. The van der Waals surface area contributed by atoms with Crippen LogP contribution in [0.15, 0.2) is 30.5 Å². The number of piperidine rings is 1. The van der Waals surface area contributed by atoms with E-state index in [1.807, 2.05) is 29.8 Å². The Morgan fingerprint density at radius 3 is 2.90 bits per heavy atom. The largest absolute Gasteiger partial charge is 0.335 e. The lowest BCUT2D eigenvalue weighted by atomic mass is 9.91. The summed E-state index contributed by atoms with van der Waals surface area (Å²) in [6.45, 7) is 8.04. The van der Waals surface area contributed by atoms with Crippen LogP contribution in [0.4, 0.5) is 0 Å². The number of nitrogens with one attached hydrogen (secondary N) is 1. The van der Waals surface area contributed by atoms with Gasteiger partial charge in [0.2, 0.25) is 0 Å². The number of carbonyl (C=O) groups excluding carboxylic acids is 1. The molecule has 2 unspecified atom stereocenters. The first-order chi connectivity index (χ1) is 14.0. The summed E-state index contributed by atoms with van der Waals surface area (Å²) in [5, 5.41) is 8.22. The van der Waals surface area contributed by atoms with Crippen molar-refractivity contribution in [3.05, 3.63) is 52.8 Å². The number of carbonyl (C=O) groups is 1. The predicted molar refractivity (Wildman–Crippen MR) is 113 cm³/mol. The number of nitrogens with zero attached hydrogens (tertiary/aromatic N) is 4. The molecule has 2 atom stereocenters. The van der Waals surface area contributed by atoms with Crippen LogP contribution in [0, 0.1) is 13.8 Å². The number of hydrogen-bond donors (Lipinski definition) is 1. The van der Waals surface area contributed by atoms with Gasteiger partial charge in [-0.05, 0) is 75.9 Å². The Bertz CT molecular complexity index is 1100. The first-order valence-corrected chi connectivity index (χ1v) is 10.5. The van der Waals surface area contributed by atoms with E-state index in [0.29, 0.717) is 12.1 Å². The van der Waals surface area contributed by atoms with Crippen molar-refractivity contribution < 1.29 is 4.79 Å². The van der Waals surface area contributed by atoms with Gasteiger partial charge in [0.1, 0.15) is 0 Å². The van der Waals surface area contributed by atoms with E-state index in [1.54, 1.807) is 0 Å². The summed E-state index contributed by atoms with van der Waals surface area (Å²) in [4.78, 5) is 19.8. The molecule has 0 radical (unpaired) electrons. The lowest BCUT2D eigenvalue weighted by Crippen LogP contribution is -2.51. The van der Waals surface area contributed by atoms with Gasteiger partial charge in [0.05, 0.1) is 17.6 Å². The average Bonchev–Trinajstić information content (AvgIpc) is 3.09. The fraction of sp³-hybridized carbons (Fsp3) is 0.435. The molecule has 1 aromatic carbocycles. The van der Waals surface area contributed by atoms with Gasteiger partial charge in [-0.1, -0.05) is 6.07 Å². The lowest BCUT2D eigenvalue weighted by molar-refractivity contribution is 0.0605. The Morgan fingerprint density at radius 1 is 1.21 bits per heavy atom. The molecule has 29 heavy (non-hydrogen) atoms. The fourth-order valence-electron chi connectivity index (χ4n) is 4.79. The van der Waals surface area contributed by atoms with Crippen molar-refractivity contribution in [2.75, 3.05) is 13.1 Å². The van der Waals surface area contributed by atoms with Crippen molar-refractivity contribution in [3.63, 3.8) is 0 Å². The molecule has 150 valence electrons. The molecule has 0 saturated carbocycles. The molecule has 2 aliphatic heterocycles. The summed E-state index contributed by atoms with van der Waals surface area (Å²) in [6.07, 6.45) is 4.92. The molecule has 0 spiro atoms. The van der Waals surface area contributed by atoms with E-state index in [4.69, 9.17) is 5.10 Å². The second-order valence-electron chi connectivity index (χ2n) is 8.52. The Kier molecular flexibility index (Phi) is 4.39. The number of fused-ring (bicyclic) bond motifs is 2. The SMILES string of the molecule is Cc1cn2nc(-c3ccc4c(c3)CCN(C3CCNC(C)C3)C4=O)cc(C)c2n1. The number of imidazole rings is 1. The third-order valence-corrected chi connectivity index (χ3v) is 6.28. The van der Waals surface area contributed by atoms with Crippen LogP contribution in [-0.2, 0) is 6.42 Å². The Morgan fingerprint density at radius 2 is 2.07 bits per heavy atom. The molecular weight excluding hydrogens is 362 g/mol. The van der Waals surface area contributed by atoms with E-state index in [2.05, 4.69) is 41.2 Å². The highest BCUT2D eigenvalue weighted by atomic mass is 16.2. The quantitative estimate of drug-likeness (QED) is 0.731. The third-order valence-electron chi connectivity index (χ3n) is 6.28. The highest BCUT2D eigenvalue weighted by molar-refractivity contribution is 5.97. The van der Waals surface area contributed by atoms with Crippen LogP contribution in [0.3, 0.4) is 0 Å². The van der Waals surface area contributed by atoms with Crippen LogP contribution in [0.1, 0.15) is 46.9 Å². The van der Waals surface area contributed by atoms with Gasteiger partial charge in [-0.15, -0.1) is 0 Å². The van der Waals surface area contributed by atoms with Crippen molar-refractivity contribution in [2.45, 2.75) is 52.1 Å². The van der Waals surface area contributed by atoms with E-state index >= 15 is 0 Å². The minimum absolute atomic E-state index is 0.182. The molecule has 6 heteroatoms. The van der Waals surface area contributed by atoms with Crippen LogP contribution < -0.4 is 5.32 Å². The summed E-state index contributed by atoms with van der Waals surface area (Å²) < 4.78 is 1.85. The second kappa shape index (κ2) is 6.95. The standard InChI is InChI=1S/C23H27N5O/c1-14-10-21(26-28-13-16(3)25-22(14)28)18-4-5-20-17(12-18)7-9-27(23(20)29)19-6-8-24-15(2)11-19/h4-5,10,12-13,15,19,24H,6-9,11H2,1-3H3. The maximum Gasteiger partial charge on any atom is 0.254 e. The molecule has 2 aliphatic rings. The summed E-state index contributed by atoms with van der Waals surface area (Å²) in [5.41, 5.74) is 6.90. The molecule has 0 bridgehead atoms. The maximum absolute atomic E-state index is 13.2. The van der Waals surface area contributed by atoms with Crippen LogP contribution in [-0.4, -0.2) is 50.6 Å². The van der Waals surface area contributed by atoms with E-state index in [9.17, 15) is 4.79 Å². The summed E-state index contributed by atoms with van der Waals surface area (Å²) >= 11 is 0. The van der Waals surface area contributed by atoms with Crippen molar-refractivity contribution in [1.29, 1.82) is 0 Å². The monoisotopic (exact) mass is 389 g/mol. The zero-order valence-corrected chi connectivity index (χ0v) is 17.3. The Balaban J connectivity index is 1.46. The number of amides is 1. The van der Waals surface area contributed by atoms with Gasteiger partial charge in [-0.2, -0.15) is 5.10 Å². The van der Waals surface area contributed by atoms with Gasteiger partial charge in [-0.25, -0.2) is 9.50 Å². The second-order valence-corrected chi connectivity index (χ2v) is 8.52. The molecule has 1 fully saturated rings. The normalized spacial score (nSPS) is 22.2. The summed E-state index contributed by atoms with van der Waals surface area (Å²) in [7, 11) is 0. The number of aryl methyl sites for hydroxylation is 2. The van der Waals surface area contributed by atoms with Gasteiger partial charge in [-0.3, -0.25) is 4.79 Å². The molecule has 5 rings (SSSR count). The zero-order valence-electron chi connectivity index (χ0n) is 17.3. The number of rotatable bonds is 2. The van der Waals surface area contributed by atoms with Crippen molar-refractivity contribution in [3.8, 4) is 11.3 Å². The summed E-state index contributed by atoms with van der Waals surface area (Å²) in [6, 6.07) is 9.07. The Hall–Kier alpha value is -2.73. The Labute approximate surface area is 170 Å². The van der Waals surface area contributed by atoms with Gasteiger partial charge in [0.15, 0.2) is 5.65 Å². The average molecular weight is 390 g/mol. The van der Waals surface area contributed by atoms with Crippen molar-refractivity contribution >= 4 is 11.6 Å². The van der Waals surface area contributed by atoms with Crippen molar-refractivity contribution in [1.82, 2.24) is 24.8 Å². The van der Waals surface area contributed by atoms with Gasteiger partial charge in [0, 0.05) is 29.8 Å². The maximum atomic E-state index is 13.2. The minimum atomic E-state index is 0.182. The highest BCUT2D eigenvalue weighted by Crippen LogP contribution is 2.29. The lowest BCUT2D eigenvalue weighted by Gasteiger charge is -2.39. The van der Waals surface area contributed by atoms with E-state index < -0.39 is 0 Å². The molecule has 1 saturated heterocycles. The molecule has 6 nitrogen and oxygen atoms in total. The van der Waals surface area contributed by atoms with Gasteiger partial charge < -0.3 is 10.2 Å². The minimum Gasteiger partial charge on any atom is -0.335 e. The van der Waals surface area contributed by atoms with Gasteiger partial charge >= 0.3 is 0 Å². The predicted octanol–water partition coefficient (Wildman–Crippen LogP) is 3.15. The zero-order chi connectivity index (χ0) is 20.1. The molecular formula is C23H27N5O. The topological polar surface area (TPSA) is 62.5 Å². The van der Waals surface area contributed by atoms with Crippen LogP contribution in [0.5, 0.6) is 0 Å². The first kappa shape index (κ1) is 18.3. The molecule has 3 aromatic rings. The number of aromatic nitrogens is 3. The summed E-state index contributed by atoms with van der Waals surface area (Å²) in [5.74, 6) is 0.182. The highest BCUT2D eigenvalue weighted by Gasteiger charge is 2.32. The van der Waals surface area contributed by atoms with Crippen LogP contribution in [0.2, 0.25) is 0 Å². The molecule has 0 aliphatic carbocycles. The smallest absolute Gasteiger partial charge is 0.254 e. The number of benzene rings is 1. The molecule has 4 heterocycles. The molecule has 1 N–H and O–H groups in total. The van der Waals surface area contributed by atoms with Crippen molar-refractivity contribution in [2.24, 2.45) is 0 Å². The third kappa shape index (κ3) is 3.21. The van der Waals surface area contributed by atoms with E-state index in [1.165, 1.54) is 0 Å². The first-order valence-electron chi connectivity index (χ1n) is 10.5. The van der Waals surface area contributed by atoms with Crippen LogP contribution in [0.25, 0.3) is 16.9 Å². The fourth-order valence-corrected chi connectivity index (χ4v) is 4.79. The number of hydrogen-bond acceptors (Lipinski definition) is 4. The van der Waals surface area contributed by atoms with E-state index in [0.717, 1.165) is 71.6 Å². The van der Waals surface area contributed by atoms with E-state index in [-0.39, 0.29) is 5.91 Å². The van der Waals surface area contributed by atoms with Crippen LogP contribution >= 0.6 is 0 Å².